The van der Waals surface area contributed by atoms with Crippen LogP contribution in [0.3, 0.4) is 0 Å². The van der Waals surface area contributed by atoms with Gasteiger partial charge in [0.25, 0.3) is 5.91 Å². The molecular weight excluding hydrogens is 376 g/mol. The normalized spacial score (nSPS) is 14.6. The second-order valence-electron chi connectivity index (χ2n) is 7.51. The van der Waals surface area contributed by atoms with Crippen LogP contribution in [0.1, 0.15) is 16.8 Å². The minimum atomic E-state index is -0.0297. The van der Waals surface area contributed by atoms with Crippen LogP contribution in [-0.4, -0.2) is 62.2 Å². The Morgan fingerprint density at radius 1 is 1.03 bits per heavy atom. The van der Waals surface area contributed by atoms with Crippen LogP contribution in [0.15, 0.2) is 60.8 Å². The second-order valence-corrected chi connectivity index (χ2v) is 7.51. The molecule has 0 aliphatic carbocycles. The van der Waals surface area contributed by atoms with E-state index in [2.05, 4.69) is 32.2 Å². The van der Waals surface area contributed by atoms with Crippen molar-refractivity contribution in [2.75, 3.05) is 51.3 Å². The smallest absolute Gasteiger partial charge is 0.251 e. The van der Waals surface area contributed by atoms with E-state index >= 15 is 0 Å². The van der Waals surface area contributed by atoms with Crippen molar-refractivity contribution in [2.24, 2.45) is 0 Å². The van der Waals surface area contributed by atoms with Crippen LogP contribution in [0, 0.1) is 0 Å². The van der Waals surface area contributed by atoms with Crippen LogP contribution in [0.2, 0.25) is 0 Å². The van der Waals surface area contributed by atoms with Crippen molar-refractivity contribution in [1.29, 1.82) is 0 Å². The van der Waals surface area contributed by atoms with Gasteiger partial charge in [-0.1, -0.05) is 12.1 Å². The molecule has 1 aliphatic heterocycles. The molecule has 1 N–H and O–H groups in total. The van der Waals surface area contributed by atoms with Crippen molar-refractivity contribution in [1.82, 2.24) is 15.2 Å². The lowest BCUT2D eigenvalue weighted by Gasteiger charge is -2.36. The molecule has 6 heteroatoms. The van der Waals surface area contributed by atoms with Crippen molar-refractivity contribution < 1.29 is 9.53 Å². The lowest BCUT2D eigenvalue weighted by molar-refractivity contribution is 0.0953. The maximum atomic E-state index is 12.6. The average Bonchev–Trinajstić information content (AvgIpc) is 2.82. The van der Waals surface area contributed by atoms with Crippen molar-refractivity contribution in [2.45, 2.75) is 6.42 Å². The fourth-order valence-corrected chi connectivity index (χ4v) is 3.92. The summed E-state index contributed by atoms with van der Waals surface area (Å²) in [4.78, 5) is 21.8. The number of carbonyl (C=O) groups excluding carboxylic acids is 1. The number of rotatable bonds is 7. The van der Waals surface area contributed by atoms with Gasteiger partial charge in [-0.15, -0.1) is 0 Å². The van der Waals surface area contributed by atoms with Gasteiger partial charge < -0.3 is 15.0 Å². The minimum absolute atomic E-state index is 0.0297. The molecule has 0 saturated carbocycles. The number of nitrogens with zero attached hydrogens (tertiary/aromatic N) is 3. The molecular formula is C24H28N4O2. The van der Waals surface area contributed by atoms with Gasteiger partial charge in [0.05, 0.1) is 12.6 Å². The molecule has 1 amide bonds. The maximum Gasteiger partial charge on any atom is 0.251 e. The largest absolute Gasteiger partial charge is 0.497 e. The zero-order valence-electron chi connectivity index (χ0n) is 17.4. The standard InChI is InChI=1S/C24H28N4O2/c1-30-20-10-8-19(9-11-20)28-17-15-27(16-18-28)14-4-13-26-24(29)22-5-2-7-23-21(22)6-3-12-25-23/h2-3,5-12H,4,13-18H2,1H3,(H,26,29). The van der Waals surface area contributed by atoms with E-state index in [9.17, 15) is 4.79 Å². The van der Waals surface area contributed by atoms with Crippen LogP contribution in [0.5, 0.6) is 5.75 Å². The number of pyridine rings is 1. The first-order valence-corrected chi connectivity index (χ1v) is 10.5. The molecule has 1 fully saturated rings. The highest BCUT2D eigenvalue weighted by molar-refractivity contribution is 6.06. The zero-order chi connectivity index (χ0) is 20.8. The number of anilines is 1. The molecule has 1 aliphatic rings. The van der Waals surface area contributed by atoms with E-state index in [4.69, 9.17) is 4.74 Å². The summed E-state index contributed by atoms with van der Waals surface area (Å²) in [7, 11) is 1.69. The van der Waals surface area contributed by atoms with E-state index in [1.165, 1.54) is 5.69 Å². The van der Waals surface area contributed by atoms with Gasteiger partial charge in [0.15, 0.2) is 0 Å². The third-order valence-electron chi connectivity index (χ3n) is 5.64. The third kappa shape index (κ3) is 4.71. The lowest BCUT2D eigenvalue weighted by atomic mass is 10.1. The molecule has 4 rings (SSSR count). The Hall–Kier alpha value is -3.12. The topological polar surface area (TPSA) is 57.7 Å². The number of piperazine rings is 1. The highest BCUT2D eigenvalue weighted by Gasteiger charge is 2.17. The highest BCUT2D eigenvalue weighted by atomic mass is 16.5. The van der Waals surface area contributed by atoms with Gasteiger partial charge in [-0.2, -0.15) is 0 Å². The number of carbonyl (C=O) groups is 1. The van der Waals surface area contributed by atoms with Gasteiger partial charge in [-0.25, -0.2) is 0 Å². The Labute approximate surface area is 177 Å². The maximum absolute atomic E-state index is 12.6. The van der Waals surface area contributed by atoms with E-state index in [0.717, 1.165) is 55.8 Å². The molecule has 0 bridgehead atoms. The van der Waals surface area contributed by atoms with Gasteiger partial charge in [0.1, 0.15) is 5.75 Å². The van der Waals surface area contributed by atoms with Crippen LogP contribution in [0.25, 0.3) is 10.9 Å². The molecule has 0 spiro atoms. The first kappa shape index (κ1) is 20.2. The Morgan fingerprint density at radius 3 is 2.60 bits per heavy atom. The van der Waals surface area contributed by atoms with Gasteiger partial charge in [-0.05, 0) is 55.4 Å². The van der Waals surface area contributed by atoms with Crippen LogP contribution in [0.4, 0.5) is 5.69 Å². The lowest BCUT2D eigenvalue weighted by Crippen LogP contribution is -2.47. The summed E-state index contributed by atoms with van der Waals surface area (Å²) < 4.78 is 5.23. The number of ether oxygens (including phenoxy) is 1. The fourth-order valence-electron chi connectivity index (χ4n) is 3.92. The van der Waals surface area contributed by atoms with Gasteiger partial charge in [0.2, 0.25) is 0 Å². The van der Waals surface area contributed by atoms with Gasteiger partial charge in [-0.3, -0.25) is 14.7 Å². The van der Waals surface area contributed by atoms with E-state index in [1.54, 1.807) is 13.3 Å². The molecule has 3 aromatic rings. The molecule has 0 unspecified atom stereocenters. The Bertz CT molecular complexity index is 977. The van der Waals surface area contributed by atoms with E-state index in [0.29, 0.717) is 12.1 Å². The highest BCUT2D eigenvalue weighted by Crippen LogP contribution is 2.20. The van der Waals surface area contributed by atoms with E-state index in [-0.39, 0.29) is 5.91 Å². The molecule has 6 nitrogen and oxygen atoms in total. The molecule has 156 valence electrons. The summed E-state index contributed by atoms with van der Waals surface area (Å²) >= 11 is 0. The summed E-state index contributed by atoms with van der Waals surface area (Å²) in [5.74, 6) is 0.858. The molecule has 30 heavy (non-hydrogen) atoms. The summed E-state index contributed by atoms with van der Waals surface area (Å²) in [6.45, 7) is 5.77. The van der Waals surface area contributed by atoms with Crippen LogP contribution < -0.4 is 15.0 Å². The first-order chi connectivity index (χ1) is 14.7. The van der Waals surface area contributed by atoms with E-state index < -0.39 is 0 Å². The Balaban J connectivity index is 1.20. The fraction of sp³-hybridized carbons (Fsp3) is 0.333. The predicted molar refractivity (Wildman–Crippen MR) is 120 cm³/mol. The van der Waals surface area contributed by atoms with Crippen molar-refractivity contribution in [3.63, 3.8) is 0 Å². The van der Waals surface area contributed by atoms with Gasteiger partial charge >= 0.3 is 0 Å². The van der Waals surface area contributed by atoms with Crippen molar-refractivity contribution in [3.05, 3.63) is 66.4 Å². The van der Waals surface area contributed by atoms with Crippen LogP contribution >= 0.6 is 0 Å². The molecule has 2 heterocycles. The number of benzene rings is 2. The molecule has 0 atom stereocenters. The van der Waals surface area contributed by atoms with Crippen LogP contribution in [-0.2, 0) is 0 Å². The first-order valence-electron chi connectivity index (χ1n) is 10.5. The predicted octanol–water partition coefficient (Wildman–Crippen LogP) is 3.19. The quantitative estimate of drug-likeness (QED) is 0.613. The van der Waals surface area contributed by atoms with Crippen molar-refractivity contribution in [3.8, 4) is 5.75 Å². The molecule has 0 radical (unpaired) electrons. The number of nitrogens with one attached hydrogen (secondary N) is 1. The van der Waals surface area contributed by atoms with Crippen molar-refractivity contribution >= 4 is 22.5 Å². The number of hydrogen-bond donors (Lipinski definition) is 1. The van der Waals surface area contributed by atoms with Gasteiger partial charge in [0, 0.05) is 55.6 Å². The number of methoxy groups -OCH3 is 1. The minimum Gasteiger partial charge on any atom is -0.497 e. The monoisotopic (exact) mass is 404 g/mol. The Kier molecular flexibility index (Phi) is 6.44. The Morgan fingerprint density at radius 2 is 1.83 bits per heavy atom. The number of aromatic nitrogens is 1. The summed E-state index contributed by atoms with van der Waals surface area (Å²) in [5.41, 5.74) is 2.78. The summed E-state index contributed by atoms with van der Waals surface area (Å²) in [5, 5.41) is 3.96. The second kappa shape index (κ2) is 9.59. The number of amides is 1. The third-order valence-corrected chi connectivity index (χ3v) is 5.64. The number of fused-ring (bicyclic) bond motifs is 1. The molecule has 1 aromatic heterocycles. The summed E-state index contributed by atoms with van der Waals surface area (Å²) in [6.07, 6.45) is 2.69. The SMILES string of the molecule is COc1ccc(N2CCN(CCCNC(=O)c3cccc4ncccc34)CC2)cc1. The van der Waals surface area contributed by atoms with E-state index in [1.807, 2.05) is 42.5 Å². The summed E-state index contributed by atoms with van der Waals surface area (Å²) in [6, 6.07) is 17.7. The zero-order valence-corrected chi connectivity index (χ0v) is 17.4. The molecule has 2 aromatic carbocycles. The average molecular weight is 405 g/mol. The number of hydrogen-bond acceptors (Lipinski definition) is 5. The molecule has 1 saturated heterocycles.